The van der Waals surface area contributed by atoms with E-state index in [1.54, 1.807) is 12.5 Å². The Bertz CT molecular complexity index is 559. The maximum Gasteiger partial charge on any atom is 0.345 e. The van der Waals surface area contributed by atoms with E-state index in [1.165, 1.54) is 21.8 Å². The number of carboxylic acid groups (broad SMARTS) is 1. The van der Waals surface area contributed by atoms with Crippen LogP contribution in [-0.4, -0.2) is 22.5 Å². The summed E-state index contributed by atoms with van der Waals surface area (Å²) in [7, 11) is 0. The summed E-state index contributed by atoms with van der Waals surface area (Å²) in [4.78, 5) is 14.9. The zero-order valence-electron chi connectivity index (χ0n) is 9.76. The Morgan fingerprint density at radius 2 is 2.44 bits per heavy atom. The van der Waals surface area contributed by atoms with Crippen LogP contribution in [0.25, 0.3) is 0 Å². The fourth-order valence-corrected chi connectivity index (χ4v) is 3.35. The molecule has 3 rings (SSSR count). The predicted molar refractivity (Wildman–Crippen MR) is 67.8 cm³/mol. The number of hydrogen-bond acceptors (Lipinski definition) is 4. The third-order valence-corrected chi connectivity index (χ3v) is 4.31. The summed E-state index contributed by atoms with van der Waals surface area (Å²) in [5, 5.41) is 8.99. The average Bonchev–Trinajstić information content (AvgIpc) is 2.96. The number of fused-ring (bicyclic) bond motifs is 1. The Kier molecular flexibility index (Phi) is 2.93. The van der Waals surface area contributed by atoms with Crippen molar-refractivity contribution < 1.29 is 14.3 Å². The van der Waals surface area contributed by atoms with Crippen LogP contribution in [0.15, 0.2) is 29.1 Å². The molecule has 0 unspecified atom stereocenters. The molecule has 0 radical (unpaired) electrons. The second-order valence-electron chi connectivity index (χ2n) is 4.46. The van der Waals surface area contributed by atoms with Crippen LogP contribution < -0.4 is 0 Å². The second kappa shape index (κ2) is 4.59. The summed E-state index contributed by atoms with van der Waals surface area (Å²) in [5.41, 5.74) is 2.36. The molecule has 1 aliphatic rings. The van der Waals surface area contributed by atoms with Crippen LogP contribution in [0.5, 0.6) is 0 Å². The first-order valence-electron chi connectivity index (χ1n) is 5.80. The van der Waals surface area contributed by atoms with E-state index in [4.69, 9.17) is 9.52 Å². The highest BCUT2D eigenvalue weighted by molar-refractivity contribution is 7.14. The lowest BCUT2D eigenvalue weighted by atomic mass is 10.1. The Labute approximate surface area is 108 Å². The van der Waals surface area contributed by atoms with Gasteiger partial charge in [-0.3, -0.25) is 4.90 Å². The van der Waals surface area contributed by atoms with Crippen molar-refractivity contribution in [3.63, 3.8) is 0 Å². The van der Waals surface area contributed by atoms with Gasteiger partial charge >= 0.3 is 5.97 Å². The molecule has 2 aromatic heterocycles. The molecule has 0 aromatic carbocycles. The zero-order valence-corrected chi connectivity index (χ0v) is 10.6. The Balaban J connectivity index is 1.74. The van der Waals surface area contributed by atoms with Gasteiger partial charge in [-0.1, -0.05) is 0 Å². The first-order chi connectivity index (χ1) is 8.72. The van der Waals surface area contributed by atoms with Gasteiger partial charge in [0.15, 0.2) is 0 Å². The topological polar surface area (TPSA) is 53.7 Å². The normalized spacial score (nSPS) is 15.6. The third-order valence-electron chi connectivity index (χ3n) is 3.16. The molecule has 0 atom stereocenters. The molecule has 1 aliphatic heterocycles. The van der Waals surface area contributed by atoms with Gasteiger partial charge in [0, 0.05) is 30.1 Å². The van der Waals surface area contributed by atoms with Gasteiger partial charge in [0.05, 0.1) is 12.5 Å². The van der Waals surface area contributed by atoms with Crippen LogP contribution in [0.3, 0.4) is 0 Å². The smallest absolute Gasteiger partial charge is 0.345 e. The van der Waals surface area contributed by atoms with Crippen molar-refractivity contribution in [3.05, 3.63) is 45.5 Å². The Morgan fingerprint density at radius 3 is 3.17 bits per heavy atom. The predicted octanol–water partition coefficient (Wildman–Crippen LogP) is 2.60. The van der Waals surface area contributed by atoms with Crippen molar-refractivity contribution in [2.24, 2.45) is 0 Å². The summed E-state index contributed by atoms with van der Waals surface area (Å²) in [6, 6.07) is 3.78. The molecule has 94 valence electrons. The van der Waals surface area contributed by atoms with Crippen molar-refractivity contribution in [1.29, 1.82) is 0 Å². The minimum atomic E-state index is -0.823. The van der Waals surface area contributed by atoms with Crippen LogP contribution in [0.1, 0.15) is 25.7 Å². The lowest BCUT2D eigenvalue weighted by Gasteiger charge is -2.25. The van der Waals surface area contributed by atoms with Crippen molar-refractivity contribution in [3.8, 4) is 0 Å². The van der Waals surface area contributed by atoms with E-state index in [0.717, 1.165) is 31.6 Å². The third kappa shape index (κ3) is 2.19. The van der Waals surface area contributed by atoms with Crippen LogP contribution >= 0.6 is 11.3 Å². The summed E-state index contributed by atoms with van der Waals surface area (Å²) >= 11 is 1.40. The largest absolute Gasteiger partial charge is 0.477 e. The molecule has 0 aliphatic carbocycles. The van der Waals surface area contributed by atoms with E-state index in [2.05, 4.69) is 4.90 Å². The van der Waals surface area contributed by atoms with E-state index in [0.29, 0.717) is 4.88 Å². The van der Waals surface area contributed by atoms with E-state index < -0.39 is 5.97 Å². The SMILES string of the molecule is O=C(O)c1cc2c(s1)CN(Cc1ccoc1)CC2. The molecule has 3 heterocycles. The molecule has 0 amide bonds. The van der Waals surface area contributed by atoms with Crippen molar-refractivity contribution in [2.45, 2.75) is 19.5 Å². The van der Waals surface area contributed by atoms with Gasteiger partial charge in [-0.05, 0) is 24.1 Å². The van der Waals surface area contributed by atoms with Crippen molar-refractivity contribution >= 4 is 17.3 Å². The molecule has 0 saturated heterocycles. The maximum absolute atomic E-state index is 10.9. The van der Waals surface area contributed by atoms with Gasteiger partial charge in [-0.15, -0.1) is 11.3 Å². The molecular weight excluding hydrogens is 250 g/mol. The number of rotatable bonds is 3. The molecule has 0 saturated carbocycles. The van der Waals surface area contributed by atoms with Gasteiger partial charge in [-0.2, -0.15) is 0 Å². The molecule has 5 heteroatoms. The van der Waals surface area contributed by atoms with Crippen LogP contribution in [0.2, 0.25) is 0 Å². The van der Waals surface area contributed by atoms with Crippen molar-refractivity contribution in [1.82, 2.24) is 4.90 Å². The van der Waals surface area contributed by atoms with Crippen LogP contribution in [0, 0.1) is 0 Å². The van der Waals surface area contributed by atoms with Gasteiger partial charge in [0.25, 0.3) is 0 Å². The van der Waals surface area contributed by atoms with Gasteiger partial charge in [0.2, 0.25) is 0 Å². The average molecular weight is 263 g/mol. The summed E-state index contributed by atoms with van der Waals surface area (Å²) in [6.45, 7) is 2.66. The maximum atomic E-state index is 10.9. The first-order valence-corrected chi connectivity index (χ1v) is 6.62. The Hall–Kier alpha value is -1.59. The number of carbonyl (C=O) groups is 1. The molecule has 4 nitrogen and oxygen atoms in total. The minimum Gasteiger partial charge on any atom is -0.477 e. The van der Waals surface area contributed by atoms with E-state index in [1.807, 2.05) is 12.1 Å². The summed E-state index contributed by atoms with van der Waals surface area (Å²) in [5.74, 6) is -0.823. The molecule has 1 N–H and O–H groups in total. The first kappa shape index (κ1) is 11.5. The summed E-state index contributed by atoms with van der Waals surface area (Å²) < 4.78 is 5.06. The quantitative estimate of drug-likeness (QED) is 0.924. The lowest BCUT2D eigenvalue weighted by molar-refractivity contribution is 0.0702. The number of hydrogen-bond donors (Lipinski definition) is 1. The number of aromatic carboxylic acids is 1. The summed E-state index contributed by atoms with van der Waals surface area (Å²) in [6.07, 6.45) is 4.36. The molecule has 0 spiro atoms. The number of furan rings is 1. The fraction of sp³-hybridized carbons (Fsp3) is 0.308. The van der Waals surface area contributed by atoms with E-state index in [-0.39, 0.29) is 0 Å². The van der Waals surface area contributed by atoms with E-state index in [9.17, 15) is 4.79 Å². The fourth-order valence-electron chi connectivity index (χ4n) is 2.25. The monoisotopic (exact) mass is 263 g/mol. The standard InChI is InChI=1S/C13H13NO3S/c15-13(16)11-5-10-1-3-14(7-12(10)18-11)6-9-2-4-17-8-9/h2,4-5,8H,1,3,6-7H2,(H,15,16). The number of thiophene rings is 1. The highest BCUT2D eigenvalue weighted by Crippen LogP contribution is 2.28. The highest BCUT2D eigenvalue weighted by Gasteiger charge is 2.21. The molecule has 0 fully saturated rings. The molecule has 18 heavy (non-hydrogen) atoms. The second-order valence-corrected chi connectivity index (χ2v) is 5.59. The number of carboxylic acids is 1. The van der Waals surface area contributed by atoms with Crippen LogP contribution in [0.4, 0.5) is 0 Å². The Morgan fingerprint density at radius 1 is 1.56 bits per heavy atom. The molecular formula is C13H13NO3S. The van der Waals surface area contributed by atoms with E-state index >= 15 is 0 Å². The molecule has 2 aromatic rings. The molecule has 0 bridgehead atoms. The van der Waals surface area contributed by atoms with Gasteiger partial charge in [-0.25, -0.2) is 4.79 Å². The van der Waals surface area contributed by atoms with Crippen molar-refractivity contribution in [2.75, 3.05) is 6.54 Å². The van der Waals surface area contributed by atoms with Crippen LogP contribution in [-0.2, 0) is 19.5 Å². The van der Waals surface area contributed by atoms with Gasteiger partial charge in [0.1, 0.15) is 4.88 Å². The highest BCUT2D eigenvalue weighted by atomic mass is 32.1. The lowest BCUT2D eigenvalue weighted by Crippen LogP contribution is -2.28. The minimum absolute atomic E-state index is 0.449. The number of nitrogens with zero attached hydrogens (tertiary/aromatic N) is 1. The zero-order chi connectivity index (χ0) is 12.5. The van der Waals surface area contributed by atoms with Gasteiger partial charge < -0.3 is 9.52 Å².